The number of hydrogen-bond donors (Lipinski definition) is 1. The van der Waals surface area contributed by atoms with Gasteiger partial charge >= 0.3 is 0 Å². The first-order valence-electron chi connectivity index (χ1n) is 7.51. The van der Waals surface area contributed by atoms with Crippen molar-refractivity contribution in [1.82, 2.24) is 10.1 Å². The van der Waals surface area contributed by atoms with Gasteiger partial charge in [-0.25, -0.2) is 0 Å². The Morgan fingerprint density at radius 2 is 2.04 bits per heavy atom. The van der Waals surface area contributed by atoms with Crippen molar-refractivity contribution in [2.24, 2.45) is 5.16 Å². The average Bonchev–Trinajstić information content (AvgIpc) is 3.26. The molecule has 1 amide bonds. The fraction of sp³-hybridized carbons (Fsp3) is 0.176. The van der Waals surface area contributed by atoms with Gasteiger partial charge in [-0.15, -0.1) is 0 Å². The number of nitrogens with zero attached hydrogens (tertiary/aromatic N) is 3. The third kappa shape index (κ3) is 4.31. The number of furan rings is 1. The van der Waals surface area contributed by atoms with Gasteiger partial charge in [0.25, 0.3) is 5.89 Å². The highest BCUT2D eigenvalue weighted by molar-refractivity contribution is 5.99. The minimum atomic E-state index is -0.115. The van der Waals surface area contributed by atoms with Gasteiger partial charge in [0.05, 0.1) is 17.5 Å². The molecule has 0 fully saturated rings. The van der Waals surface area contributed by atoms with Crippen molar-refractivity contribution in [2.45, 2.75) is 20.5 Å². The van der Waals surface area contributed by atoms with Gasteiger partial charge in [-0.05, 0) is 30.7 Å². The third-order valence-electron chi connectivity index (χ3n) is 3.26. The molecular weight excluding hydrogens is 324 g/mol. The third-order valence-corrected chi connectivity index (χ3v) is 3.26. The summed E-state index contributed by atoms with van der Waals surface area (Å²) in [5, 5.41) is 10.6. The number of oxime groups is 1. The van der Waals surface area contributed by atoms with E-state index in [-0.39, 0.29) is 12.5 Å². The summed E-state index contributed by atoms with van der Waals surface area (Å²) in [6.07, 6.45) is 3.06. The molecule has 1 N–H and O–H groups in total. The fourth-order valence-corrected chi connectivity index (χ4v) is 2.06. The summed E-state index contributed by atoms with van der Waals surface area (Å²) in [5.41, 5.74) is 3.01. The molecule has 0 bridgehead atoms. The average molecular weight is 340 g/mol. The van der Waals surface area contributed by atoms with Crippen LogP contribution in [0.3, 0.4) is 0 Å². The van der Waals surface area contributed by atoms with Gasteiger partial charge in [-0.3, -0.25) is 4.79 Å². The summed E-state index contributed by atoms with van der Waals surface area (Å²) >= 11 is 0. The first-order chi connectivity index (χ1) is 12.1. The predicted molar refractivity (Wildman–Crippen MR) is 89.7 cm³/mol. The molecule has 3 rings (SSSR count). The molecule has 128 valence electrons. The highest BCUT2D eigenvalue weighted by Gasteiger charge is 2.10. The van der Waals surface area contributed by atoms with Crippen molar-refractivity contribution in [1.29, 1.82) is 0 Å². The zero-order valence-electron chi connectivity index (χ0n) is 13.7. The van der Waals surface area contributed by atoms with Gasteiger partial charge in [-0.1, -0.05) is 22.4 Å². The van der Waals surface area contributed by atoms with Gasteiger partial charge in [0.15, 0.2) is 6.61 Å². The number of rotatable bonds is 6. The van der Waals surface area contributed by atoms with E-state index in [9.17, 15) is 4.79 Å². The molecule has 8 nitrogen and oxygen atoms in total. The standard InChI is InChI=1S/C17H16N4O4/c1-11(13-3-5-15(6-4-13)18-12(2)22)20-24-10-16-19-17(21-25-16)14-7-8-23-9-14/h3-9H,10H2,1-2H3,(H,18,22)/b20-11+. The molecule has 2 heterocycles. The normalized spacial score (nSPS) is 11.4. The molecule has 8 heteroatoms. The largest absolute Gasteiger partial charge is 0.472 e. The van der Waals surface area contributed by atoms with Crippen LogP contribution in [-0.4, -0.2) is 21.8 Å². The van der Waals surface area contributed by atoms with Gasteiger partial charge < -0.3 is 19.1 Å². The van der Waals surface area contributed by atoms with Gasteiger partial charge in [0.2, 0.25) is 11.7 Å². The molecule has 0 aliphatic carbocycles. The number of anilines is 1. The Kier molecular flexibility index (Phi) is 4.89. The second-order valence-electron chi connectivity index (χ2n) is 5.23. The van der Waals surface area contributed by atoms with Crippen LogP contribution in [0.15, 0.2) is 57.0 Å². The quantitative estimate of drug-likeness (QED) is 0.546. The SMILES string of the molecule is CC(=O)Nc1ccc(/C(C)=N/OCc2nc(-c3ccoc3)no2)cc1. The summed E-state index contributed by atoms with van der Waals surface area (Å²) in [5.74, 6) is 0.631. The van der Waals surface area contributed by atoms with Gasteiger partial charge in [0.1, 0.15) is 6.26 Å². The van der Waals surface area contributed by atoms with Crippen LogP contribution in [-0.2, 0) is 16.2 Å². The first-order valence-corrected chi connectivity index (χ1v) is 7.51. The molecular formula is C17H16N4O4. The fourth-order valence-electron chi connectivity index (χ4n) is 2.06. The highest BCUT2D eigenvalue weighted by atomic mass is 16.6. The first kappa shape index (κ1) is 16.4. The lowest BCUT2D eigenvalue weighted by atomic mass is 10.1. The number of amides is 1. The van der Waals surface area contributed by atoms with Crippen molar-refractivity contribution < 1.29 is 18.6 Å². The predicted octanol–water partition coefficient (Wildman–Crippen LogP) is 3.23. The molecule has 0 saturated carbocycles. The van der Waals surface area contributed by atoms with Crippen molar-refractivity contribution in [2.75, 3.05) is 5.32 Å². The maximum absolute atomic E-state index is 11.0. The van der Waals surface area contributed by atoms with Crippen LogP contribution in [0.25, 0.3) is 11.4 Å². The van der Waals surface area contributed by atoms with E-state index in [1.807, 2.05) is 19.1 Å². The van der Waals surface area contributed by atoms with E-state index < -0.39 is 0 Å². The van der Waals surface area contributed by atoms with Crippen LogP contribution < -0.4 is 5.32 Å². The Hall–Kier alpha value is -3.42. The monoisotopic (exact) mass is 340 g/mol. The van der Waals surface area contributed by atoms with Crippen molar-refractivity contribution in [3.8, 4) is 11.4 Å². The number of hydrogen-bond acceptors (Lipinski definition) is 7. The molecule has 0 aliphatic heterocycles. The molecule has 25 heavy (non-hydrogen) atoms. The molecule has 0 spiro atoms. The van der Waals surface area contributed by atoms with Crippen LogP contribution in [0.4, 0.5) is 5.69 Å². The second kappa shape index (κ2) is 7.43. The van der Waals surface area contributed by atoms with Crippen LogP contribution in [0.5, 0.6) is 0 Å². The Bertz CT molecular complexity index is 866. The molecule has 0 unspecified atom stereocenters. The number of nitrogens with one attached hydrogen (secondary N) is 1. The molecule has 0 aliphatic rings. The van der Waals surface area contributed by atoms with Crippen molar-refractivity contribution in [3.63, 3.8) is 0 Å². The van der Waals surface area contributed by atoms with E-state index in [2.05, 4.69) is 20.6 Å². The molecule has 0 radical (unpaired) electrons. The van der Waals surface area contributed by atoms with E-state index in [0.29, 0.717) is 17.4 Å². The van der Waals surface area contributed by atoms with E-state index in [4.69, 9.17) is 13.8 Å². The highest BCUT2D eigenvalue weighted by Crippen LogP contribution is 2.16. The number of carbonyl (C=O) groups is 1. The van der Waals surface area contributed by atoms with E-state index in [0.717, 1.165) is 16.8 Å². The molecule has 3 aromatic rings. The molecule has 0 atom stereocenters. The van der Waals surface area contributed by atoms with Crippen LogP contribution in [0, 0.1) is 0 Å². The van der Waals surface area contributed by atoms with Crippen LogP contribution in [0.2, 0.25) is 0 Å². The summed E-state index contributed by atoms with van der Waals surface area (Å²) in [7, 11) is 0. The lowest BCUT2D eigenvalue weighted by molar-refractivity contribution is -0.114. The number of benzene rings is 1. The lowest BCUT2D eigenvalue weighted by Gasteiger charge is -2.04. The second-order valence-corrected chi connectivity index (χ2v) is 5.23. The minimum absolute atomic E-state index is 0.0617. The summed E-state index contributed by atoms with van der Waals surface area (Å²) in [4.78, 5) is 20.5. The zero-order chi connectivity index (χ0) is 17.6. The Morgan fingerprint density at radius 3 is 2.72 bits per heavy atom. The van der Waals surface area contributed by atoms with Crippen LogP contribution in [0.1, 0.15) is 25.3 Å². The van der Waals surface area contributed by atoms with E-state index in [1.165, 1.54) is 19.5 Å². The number of carbonyl (C=O) groups excluding carboxylic acids is 1. The van der Waals surface area contributed by atoms with Crippen molar-refractivity contribution >= 4 is 17.3 Å². The van der Waals surface area contributed by atoms with Crippen LogP contribution >= 0.6 is 0 Å². The summed E-state index contributed by atoms with van der Waals surface area (Å²) in [6.45, 7) is 3.34. The zero-order valence-corrected chi connectivity index (χ0v) is 13.7. The Balaban J connectivity index is 1.57. The van der Waals surface area contributed by atoms with Gasteiger partial charge in [0, 0.05) is 12.6 Å². The summed E-state index contributed by atoms with van der Waals surface area (Å²) in [6, 6.07) is 9.02. The Morgan fingerprint density at radius 1 is 1.24 bits per heavy atom. The molecule has 2 aromatic heterocycles. The number of aromatic nitrogens is 2. The van der Waals surface area contributed by atoms with E-state index >= 15 is 0 Å². The maximum Gasteiger partial charge on any atom is 0.267 e. The lowest BCUT2D eigenvalue weighted by Crippen LogP contribution is -2.06. The maximum atomic E-state index is 11.0. The topological polar surface area (TPSA) is 103 Å². The van der Waals surface area contributed by atoms with E-state index in [1.54, 1.807) is 18.2 Å². The summed E-state index contributed by atoms with van der Waals surface area (Å²) < 4.78 is 10.1. The molecule has 0 saturated heterocycles. The smallest absolute Gasteiger partial charge is 0.267 e. The molecule has 1 aromatic carbocycles. The minimum Gasteiger partial charge on any atom is -0.472 e. The van der Waals surface area contributed by atoms with Crippen molar-refractivity contribution in [3.05, 3.63) is 54.3 Å². The van der Waals surface area contributed by atoms with Gasteiger partial charge in [-0.2, -0.15) is 4.98 Å². The Labute approximate surface area is 143 Å².